The van der Waals surface area contributed by atoms with Crippen molar-refractivity contribution in [3.63, 3.8) is 0 Å². The van der Waals surface area contributed by atoms with Crippen LogP contribution in [0.2, 0.25) is 0 Å². The maximum absolute atomic E-state index is 11.4. The van der Waals surface area contributed by atoms with E-state index in [0.29, 0.717) is 17.1 Å². The summed E-state index contributed by atoms with van der Waals surface area (Å²) in [7, 11) is 0. The van der Waals surface area contributed by atoms with Crippen LogP contribution >= 0.6 is 0 Å². The summed E-state index contributed by atoms with van der Waals surface area (Å²) < 4.78 is 7.07. The summed E-state index contributed by atoms with van der Waals surface area (Å²) in [6.45, 7) is 7.62. The van der Waals surface area contributed by atoms with Gasteiger partial charge in [-0.1, -0.05) is 18.6 Å². The zero-order valence-corrected chi connectivity index (χ0v) is 25.1. The molecule has 1 N–H and O–H groups in total. The SMILES string of the molecule is Oc1c(CN2CCCCC2)cc(C2CCC3(CC2)CCC2(CO3)C3CC4CC(C3)CC2C4)cc1CN1CCCC1. The fourth-order valence-corrected chi connectivity index (χ4v) is 11.3. The maximum Gasteiger partial charge on any atom is 0.124 e. The Balaban J connectivity index is 0.964. The van der Waals surface area contributed by atoms with Crippen LogP contribution in [0.5, 0.6) is 5.75 Å². The molecule has 0 atom stereocenters. The third-order valence-corrected chi connectivity index (χ3v) is 13.6. The number of aromatic hydroxyl groups is 1. The van der Waals surface area contributed by atoms with E-state index in [1.807, 2.05) is 0 Å². The minimum absolute atomic E-state index is 0.155. The van der Waals surface area contributed by atoms with Crippen LogP contribution in [0.25, 0.3) is 0 Å². The molecule has 8 fully saturated rings. The number of rotatable bonds is 5. The van der Waals surface area contributed by atoms with Gasteiger partial charge in [-0.05, 0) is 163 Å². The topological polar surface area (TPSA) is 35.9 Å². The normalized spacial score (nSPS) is 41.9. The molecular weight excluding hydrogens is 492 g/mol. The van der Waals surface area contributed by atoms with Gasteiger partial charge in [0, 0.05) is 24.2 Å². The van der Waals surface area contributed by atoms with Crippen molar-refractivity contribution in [1.82, 2.24) is 9.80 Å². The highest BCUT2D eigenvalue weighted by molar-refractivity contribution is 5.45. The highest BCUT2D eigenvalue weighted by atomic mass is 16.5. The van der Waals surface area contributed by atoms with E-state index in [9.17, 15) is 5.11 Å². The number of hydrogen-bond donors (Lipinski definition) is 1. The number of piperidine rings is 1. The molecule has 0 amide bonds. The van der Waals surface area contributed by atoms with Gasteiger partial charge in [0.2, 0.25) is 0 Å². The second-order valence-electron chi connectivity index (χ2n) is 15.8. The van der Waals surface area contributed by atoms with Crippen LogP contribution in [0.4, 0.5) is 0 Å². The van der Waals surface area contributed by atoms with Crippen molar-refractivity contribution in [2.75, 3.05) is 32.8 Å². The summed E-state index contributed by atoms with van der Waals surface area (Å²) in [5.41, 5.74) is 4.57. The van der Waals surface area contributed by atoms with Crippen molar-refractivity contribution >= 4 is 0 Å². The Morgan fingerprint density at radius 1 is 0.700 bits per heavy atom. The van der Waals surface area contributed by atoms with Gasteiger partial charge in [-0.3, -0.25) is 9.80 Å². The Hall–Kier alpha value is -1.10. The molecule has 5 saturated carbocycles. The van der Waals surface area contributed by atoms with Crippen LogP contribution in [0.1, 0.15) is 125 Å². The van der Waals surface area contributed by atoms with Crippen LogP contribution < -0.4 is 0 Å². The highest BCUT2D eigenvalue weighted by Gasteiger charge is 2.59. The van der Waals surface area contributed by atoms with Crippen LogP contribution in [0, 0.1) is 29.1 Å². The molecule has 8 aliphatic rings. The van der Waals surface area contributed by atoms with E-state index in [2.05, 4.69) is 21.9 Å². The summed E-state index contributed by atoms with van der Waals surface area (Å²) in [6.07, 6.45) is 21.9. The van der Waals surface area contributed by atoms with E-state index in [-0.39, 0.29) is 5.60 Å². The monoisotopic (exact) mass is 546 g/mol. The van der Waals surface area contributed by atoms with E-state index >= 15 is 0 Å². The zero-order valence-electron chi connectivity index (χ0n) is 25.1. The number of likely N-dealkylation sites (tertiary alicyclic amines) is 2. The molecule has 3 aliphatic heterocycles. The Morgan fingerprint density at radius 2 is 1.25 bits per heavy atom. The smallest absolute Gasteiger partial charge is 0.124 e. The lowest BCUT2D eigenvalue weighted by Crippen LogP contribution is -2.59. The maximum atomic E-state index is 11.4. The molecule has 0 aromatic heterocycles. The van der Waals surface area contributed by atoms with E-state index in [4.69, 9.17) is 4.74 Å². The van der Waals surface area contributed by atoms with Crippen LogP contribution in [0.15, 0.2) is 12.1 Å². The third kappa shape index (κ3) is 4.77. The number of nitrogens with zero attached hydrogens (tertiary/aromatic N) is 2. The van der Waals surface area contributed by atoms with Crippen molar-refractivity contribution in [2.24, 2.45) is 29.1 Å². The fourth-order valence-electron chi connectivity index (χ4n) is 11.3. The van der Waals surface area contributed by atoms with Crippen molar-refractivity contribution in [2.45, 2.75) is 127 Å². The lowest BCUT2D eigenvalue weighted by molar-refractivity contribution is -0.222. The van der Waals surface area contributed by atoms with Crippen LogP contribution in [-0.4, -0.2) is 53.3 Å². The van der Waals surface area contributed by atoms with Gasteiger partial charge in [0.15, 0.2) is 0 Å². The Kier molecular flexibility index (Phi) is 7.00. The summed E-state index contributed by atoms with van der Waals surface area (Å²) in [5, 5.41) is 11.4. The lowest BCUT2D eigenvalue weighted by Gasteiger charge is -2.64. The van der Waals surface area contributed by atoms with Crippen molar-refractivity contribution in [1.29, 1.82) is 0 Å². The average Bonchev–Trinajstić information content (AvgIpc) is 3.49. The minimum atomic E-state index is 0.155. The summed E-state index contributed by atoms with van der Waals surface area (Å²) >= 11 is 0. The Labute approximate surface area is 243 Å². The predicted octanol–water partition coefficient (Wildman–Crippen LogP) is 7.62. The van der Waals surface area contributed by atoms with Crippen molar-refractivity contribution in [3.8, 4) is 5.75 Å². The van der Waals surface area contributed by atoms with Gasteiger partial charge in [-0.15, -0.1) is 0 Å². The lowest BCUT2D eigenvalue weighted by atomic mass is 9.44. The van der Waals surface area contributed by atoms with Gasteiger partial charge in [0.05, 0.1) is 12.2 Å². The molecule has 5 aliphatic carbocycles. The average molecular weight is 547 g/mol. The van der Waals surface area contributed by atoms with E-state index in [1.165, 1.54) is 139 Å². The summed E-state index contributed by atoms with van der Waals surface area (Å²) in [4.78, 5) is 5.13. The number of phenols is 1. The Bertz CT molecular complexity index is 1020. The molecule has 3 saturated heterocycles. The molecular formula is C36H54N2O2. The van der Waals surface area contributed by atoms with Crippen LogP contribution in [-0.2, 0) is 17.8 Å². The number of hydrogen-bond acceptors (Lipinski definition) is 4. The van der Waals surface area contributed by atoms with Crippen LogP contribution in [0.3, 0.4) is 0 Å². The molecule has 9 rings (SSSR count). The van der Waals surface area contributed by atoms with Gasteiger partial charge in [-0.2, -0.15) is 0 Å². The largest absolute Gasteiger partial charge is 0.507 e. The first-order chi connectivity index (χ1) is 19.6. The quantitative estimate of drug-likeness (QED) is 0.412. The third-order valence-electron chi connectivity index (χ3n) is 13.6. The molecule has 2 spiro atoms. The molecule has 4 heteroatoms. The van der Waals surface area contributed by atoms with E-state index < -0.39 is 0 Å². The summed E-state index contributed by atoms with van der Waals surface area (Å²) in [5.74, 6) is 5.26. The predicted molar refractivity (Wildman–Crippen MR) is 160 cm³/mol. The molecule has 40 heavy (non-hydrogen) atoms. The first kappa shape index (κ1) is 26.5. The first-order valence-electron chi connectivity index (χ1n) is 17.5. The van der Waals surface area contributed by atoms with Gasteiger partial charge >= 0.3 is 0 Å². The van der Waals surface area contributed by atoms with E-state index in [0.717, 1.165) is 43.4 Å². The standard InChI is InChI=1S/C36H54N2O2/c39-34-30(23-37-12-2-1-3-13-37)21-29(22-31(34)24-38-14-4-5-15-38)28-6-8-35(9-7-28)10-11-36(25-40-35)32-17-26-16-27(19-32)20-33(36)18-26/h21-22,26-28,32-33,39H,1-20,23-25H2. The molecule has 0 unspecified atom stereocenters. The van der Waals surface area contributed by atoms with Gasteiger partial charge in [-0.25, -0.2) is 0 Å². The van der Waals surface area contributed by atoms with Gasteiger partial charge < -0.3 is 9.84 Å². The first-order valence-corrected chi connectivity index (χ1v) is 17.5. The summed E-state index contributed by atoms with van der Waals surface area (Å²) in [6, 6.07) is 4.81. The van der Waals surface area contributed by atoms with Gasteiger partial charge in [0.25, 0.3) is 0 Å². The second kappa shape index (κ2) is 10.6. The molecule has 1 aromatic rings. The molecule has 1 aromatic carbocycles. The number of phenolic OH excluding ortho intramolecular Hbond substituents is 1. The van der Waals surface area contributed by atoms with E-state index in [1.54, 1.807) is 6.42 Å². The number of ether oxygens (including phenoxy) is 1. The fraction of sp³-hybridized carbons (Fsp3) is 0.833. The highest BCUT2D eigenvalue weighted by Crippen LogP contribution is 2.66. The molecule has 3 heterocycles. The molecule has 220 valence electrons. The molecule has 4 bridgehead atoms. The van der Waals surface area contributed by atoms with Gasteiger partial charge in [0.1, 0.15) is 5.75 Å². The number of benzene rings is 1. The minimum Gasteiger partial charge on any atom is -0.507 e. The molecule has 0 radical (unpaired) electrons. The molecule has 4 nitrogen and oxygen atoms in total. The second-order valence-corrected chi connectivity index (χ2v) is 15.8. The van der Waals surface area contributed by atoms with Crippen molar-refractivity contribution in [3.05, 3.63) is 28.8 Å². The Morgan fingerprint density at radius 3 is 1.77 bits per heavy atom. The zero-order chi connectivity index (χ0) is 26.7. The van der Waals surface area contributed by atoms with Crippen molar-refractivity contribution < 1.29 is 9.84 Å².